The van der Waals surface area contributed by atoms with Crippen LogP contribution in [0, 0.1) is 19.6 Å². The lowest BCUT2D eigenvalue weighted by molar-refractivity contribution is -0.384. The van der Waals surface area contributed by atoms with Gasteiger partial charge in [-0.2, -0.15) is 0 Å². The summed E-state index contributed by atoms with van der Waals surface area (Å²) in [5, 5.41) is 14.3. The molecule has 0 spiro atoms. The normalized spacial score (nSPS) is 17.4. The van der Waals surface area contributed by atoms with Gasteiger partial charge in [0.1, 0.15) is 5.69 Å². The number of hydrogen-bond acceptors (Lipinski definition) is 4. The molecular formula is C13H18IN3O2. The van der Waals surface area contributed by atoms with Crippen LogP contribution in [0.5, 0.6) is 0 Å². The van der Waals surface area contributed by atoms with E-state index < -0.39 is 0 Å². The first-order chi connectivity index (χ1) is 9.06. The fourth-order valence-corrected chi connectivity index (χ4v) is 2.80. The maximum atomic E-state index is 11.0. The summed E-state index contributed by atoms with van der Waals surface area (Å²) in [6.07, 6.45) is 2.31. The van der Waals surface area contributed by atoms with Crippen molar-refractivity contribution in [1.29, 1.82) is 0 Å². The molecule has 19 heavy (non-hydrogen) atoms. The third-order valence-electron chi connectivity index (χ3n) is 3.58. The van der Waals surface area contributed by atoms with Crippen molar-refractivity contribution in [2.24, 2.45) is 5.92 Å². The summed E-state index contributed by atoms with van der Waals surface area (Å²) in [6, 6.07) is 5.30. The second-order valence-corrected chi connectivity index (χ2v) is 6.29. The Morgan fingerprint density at radius 2 is 2.16 bits per heavy atom. The zero-order valence-electron chi connectivity index (χ0n) is 10.9. The largest absolute Gasteiger partial charge is 0.379 e. The highest BCUT2D eigenvalue weighted by Gasteiger charge is 2.19. The molecule has 0 radical (unpaired) electrons. The zero-order valence-corrected chi connectivity index (χ0v) is 13.1. The fourth-order valence-electron chi connectivity index (χ4n) is 2.33. The van der Waals surface area contributed by atoms with Crippen molar-refractivity contribution >= 4 is 34.0 Å². The Labute approximate surface area is 126 Å². The van der Waals surface area contributed by atoms with Crippen molar-refractivity contribution < 1.29 is 4.92 Å². The van der Waals surface area contributed by atoms with Crippen LogP contribution in [0.2, 0.25) is 0 Å². The van der Waals surface area contributed by atoms with E-state index in [9.17, 15) is 10.1 Å². The zero-order chi connectivity index (χ0) is 13.8. The number of piperidine rings is 1. The summed E-state index contributed by atoms with van der Waals surface area (Å²) in [5.41, 5.74) is 0.796. The van der Waals surface area contributed by atoms with Crippen LogP contribution in [0.1, 0.15) is 12.8 Å². The van der Waals surface area contributed by atoms with Gasteiger partial charge in [-0.25, -0.2) is 0 Å². The molecule has 1 heterocycles. The maximum Gasteiger partial charge on any atom is 0.293 e. The van der Waals surface area contributed by atoms with Crippen molar-refractivity contribution in [3.63, 3.8) is 0 Å². The first kappa shape index (κ1) is 14.5. The molecular weight excluding hydrogens is 357 g/mol. The Morgan fingerprint density at radius 1 is 1.47 bits per heavy atom. The number of anilines is 1. The Bertz CT molecular complexity index is 459. The standard InChI is InChI=1S/C13H18IN3O2/c1-16-6-4-10(5-7-16)9-15-12-3-2-11(14)8-13(12)17(18)19/h2-3,8,10,15H,4-7,9H2,1H3. The molecule has 0 bridgehead atoms. The molecule has 0 aliphatic carbocycles. The average molecular weight is 375 g/mol. The lowest BCUT2D eigenvalue weighted by atomic mass is 9.97. The van der Waals surface area contributed by atoms with Gasteiger partial charge in [-0.3, -0.25) is 10.1 Å². The molecule has 0 atom stereocenters. The molecule has 104 valence electrons. The van der Waals surface area contributed by atoms with Crippen LogP contribution in [0.4, 0.5) is 11.4 Å². The van der Waals surface area contributed by atoms with Crippen molar-refractivity contribution in [2.45, 2.75) is 12.8 Å². The molecule has 2 rings (SSSR count). The van der Waals surface area contributed by atoms with Crippen LogP contribution >= 0.6 is 22.6 Å². The molecule has 1 N–H and O–H groups in total. The molecule has 1 aliphatic heterocycles. The molecule has 1 saturated heterocycles. The van der Waals surface area contributed by atoms with Crippen LogP contribution < -0.4 is 5.32 Å². The van der Waals surface area contributed by atoms with Gasteiger partial charge in [0.15, 0.2) is 0 Å². The van der Waals surface area contributed by atoms with E-state index in [-0.39, 0.29) is 10.6 Å². The van der Waals surface area contributed by atoms with E-state index in [2.05, 4.69) is 39.9 Å². The van der Waals surface area contributed by atoms with Gasteiger partial charge in [0.25, 0.3) is 5.69 Å². The number of nitro benzene ring substituents is 1. The van der Waals surface area contributed by atoms with Crippen LogP contribution in [-0.4, -0.2) is 36.5 Å². The predicted molar refractivity (Wildman–Crippen MR) is 84.5 cm³/mol. The van der Waals surface area contributed by atoms with Crippen molar-refractivity contribution in [3.8, 4) is 0 Å². The highest BCUT2D eigenvalue weighted by molar-refractivity contribution is 14.1. The minimum atomic E-state index is -0.320. The number of halogens is 1. The molecule has 6 heteroatoms. The van der Waals surface area contributed by atoms with Crippen LogP contribution in [-0.2, 0) is 0 Å². The quantitative estimate of drug-likeness (QED) is 0.500. The minimum Gasteiger partial charge on any atom is -0.379 e. The smallest absolute Gasteiger partial charge is 0.293 e. The van der Waals surface area contributed by atoms with Gasteiger partial charge in [0.2, 0.25) is 0 Å². The number of nitrogens with zero attached hydrogens (tertiary/aromatic N) is 2. The maximum absolute atomic E-state index is 11.0. The highest BCUT2D eigenvalue weighted by Crippen LogP contribution is 2.27. The van der Waals surface area contributed by atoms with Gasteiger partial charge in [0, 0.05) is 16.2 Å². The summed E-state index contributed by atoms with van der Waals surface area (Å²) >= 11 is 2.09. The second kappa shape index (κ2) is 6.51. The van der Waals surface area contributed by atoms with E-state index in [1.165, 1.54) is 0 Å². The molecule has 1 aliphatic rings. The van der Waals surface area contributed by atoms with E-state index >= 15 is 0 Å². The summed E-state index contributed by atoms with van der Waals surface area (Å²) in [4.78, 5) is 13.0. The van der Waals surface area contributed by atoms with E-state index in [1.54, 1.807) is 12.1 Å². The lowest BCUT2D eigenvalue weighted by Gasteiger charge is -2.29. The van der Waals surface area contributed by atoms with Gasteiger partial charge >= 0.3 is 0 Å². The Balaban J connectivity index is 1.97. The number of likely N-dealkylation sites (tertiary alicyclic amines) is 1. The lowest BCUT2D eigenvalue weighted by Crippen LogP contribution is -2.33. The summed E-state index contributed by atoms with van der Waals surface area (Å²) in [7, 11) is 2.13. The second-order valence-electron chi connectivity index (χ2n) is 5.05. The molecule has 0 saturated carbocycles. The highest BCUT2D eigenvalue weighted by atomic mass is 127. The Kier molecular flexibility index (Phi) is 4.98. The van der Waals surface area contributed by atoms with E-state index in [0.717, 1.165) is 36.0 Å². The fraction of sp³-hybridized carbons (Fsp3) is 0.538. The van der Waals surface area contributed by atoms with Crippen molar-refractivity contribution in [2.75, 3.05) is 32.0 Å². The van der Waals surface area contributed by atoms with Gasteiger partial charge in [-0.15, -0.1) is 0 Å². The molecule has 5 nitrogen and oxygen atoms in total. The number of rotatable bonds is 4. The number of benzene rings is 1. The van der Waals surface area contributed by atoms with E-state index in [1.807, 2.05) is 6.07 Å². The Morgan fingerprint density at radius 3 is 2.79 bits per heavy atom. The van der Waals surface area contributed by atoms with Crippen molar-refractivity contribution in [1.82, 2.24) is 4.90 Å². The van der Waals surface area contributed by atoms with Gasteiger partial charge < -0.3 is 10.2 Å². The third kappa shape index (κ3) is 4.04. The third-order valence-corrected chi connectivity index (χ3v) is 4.25. The first-order valence-electron chi connectivity index (χ1n) is 6.42. The number of nitro groups is 1. The first-order valence-corrected chi connectivity index (χ1v) is 7.50. The van der Waals surface area contributed by atoms with Gasteiger partial charge in [-0.05, 0) is 73.6 Å². The average Bonchev–Trinajstić information content (AvgIpc) is 2.39. The number of hydrogen-bond donors (Lipinski definition) is 1. The van der Waals surface area contributed by atoms with E-state index in [0.29, 0.717) is 11.6 Å². The van der Waals surface area contributed by atoms with Gasteiger partial charge in [0.05, 0.1) is 4.92 Å². The van der Waals surface area contributed by atoms with Gasteiger partial charge in [-0.1, -0.05) is 0 Å². The molecule has 0 amide bonds. The monoisotopic (exact) mass is 375 g/mol. The summed E-state index contributed by atoms with van der Waals surface area (Å²) in [5.74, 6) is 0.607. The van der Waals surface area contributed by atoms with Crippen molar-refractivity contribution in [3.05, 3.63) is 31.9 Å². The van der Waals surface area contributed by atoms with E-state index in [4.69, 9.17) is 0 Å². The number of nitrogens with one attached hydrogen (secondary N) is 1. The Hall–Kier alpha value is -0.890. The minimum absolute atomic E-state index is 0.167. The summed E-state index contributed by atoms with van der Waals surface area (Å²) < 4.78 is 0.883. The molecule has 1 aromatic carbocycles. The SMILES string of the molecule is CN1CCC(CNc2ccc(I)cc2[N+](=O)[O-])CC1. The summed E-state index contributed by atoms with van der Waals surface area (Å²) in [6.45, 7) is 3.04. The molecule has 0 aromatic heterocycles. The van der Waals surface area contributed by atoms with Crippen LogP contribution in [0.15, 0.2) is 18.2 Å². The topological polar surface area (TPSA) is 58.4 Å². The molecule has 1 aromatic rings. The van der Waals surface area contributed by atoms with Crippen LogP contribution in [0.3, 0.4) is 0 Å². The van der Waals surface area contributed by atoms with Crippen LogP contribution in [0.25, 0.3) is 0 Å². The predicted octanol–water partition coefficient (Wildman–Crippen LogP) is 2.95. The molecule has 0 unspecified atom stereocenters. The molecule has 1 fully saturated rings.